The average Bonchev–Trinajstić information content (AvgIpc) is 2.98. The van der Waals surface area contributed by atoms with Crippen molar-refractivity contribution in [3.8, 4) is 17.6 Å². The summed E-state index contributed by atoms with van der Waals surface area (Å²) in [5.41, 5.74) is 4.32. The highest BCUT2D eigenvalue weighted by molar-refractivity contribution is 8.02. The van der Waals surface area contributed by atoms with Crippen molar-refractivity contribution in [1.82, 2.24) is 5.32 Å². The van der Waals surface area contributed by atoms with Crippen molar-refractivity contribution in [3.63, 3.8) is 0 Å². The standard InChI is InChI=1S/C32H30N2O4S/c1-4-17-37-32(35)29-22(2)34-31(39-21-24-13-9-6-10-14-24)26(19-33)30(29)25-15-16-27(28(18-25)36-3)38-20-23-11-7-5-8-12-23/h4-16,18,30,34H,1,17,20-21H2,2-3H3/t30-/m1/s1. The van der Waals surface area contributed by atoms with E-state index < -0.39 is 11.9 Å². The SMILES string of the molecule is C=CCOC(=O)C1=C(C)NC(SCc2ccccc2)=C(C#N)[C@H]1c1ccc(OCc2ccccc2)c(OC)c1. The van der Waals surface area contributed by atoms with Crippen LogP contribution in [0.2, 0.25) is 0 Å². The van der Waals surface area contributed by atoms with Crippen LogP contribution < -0.4 is 14.8 Å². The molecular formula is C32H30N2O4S. The van der Waals surface area contributed by atoms with Gasteiger partial charge in [0.05, 0.1) is 35.3 Å². The summed E-state index contributed by atoms with van der Waals surface area (Å²) in [6, 6.07) is 27.7. The summed E-state index contributed by atoms with van der Waals surface area (Å²) < 4.78 is 17.1. The van der Waals surface area contributed by atoms with Gasteiger partial charge in [-0.25, -0.2) is 4.79 Å². The summed E-state index contributed by atoms with van der Waals surface area (Å²) in [7, 11) is 1.57. The van der Waals surface area contributed by atoms with Gasteiger partial charge in [-0.1, -0.05) is 79.4 Å². The second kappa shape index (κ2) is 13.4. The monoisotopic (exact) mass is 538 g/mol. The van der Waals surface area contributed by atoms with E-state index in [1.54, 1.807) is 7.11 Å². The van der Waals surface area contributed by atoms with Crippen LogP contribution in [0.4, 0.5) is 0 Å². The molecule has 1 atom stereocenters. The number of ether oxygens (including phenoxy) is 3. The summed E-state index contributed by atoms with van der Waals surface area (Å²) in [6.45, 7) is 5.91. The number of carbonyl (C=O) groups excluding carboxylic acids is 1. The van der Waals surface area contributed by atoms with Gasteiger partial charge in [-0.15, -0.1) is 11.8 Å². The van der Waals surface area contributed by atoms with Gasteiger partial charge in [-0.05, 0) is 35.7 Å². The lowest BCUT2D eigenvalue weighted by Crippen LogP contribution is -2.29. The number of allylic oxidation sites excluding steroid dienone is 2. The van der Waals surface area contributed by atoms with Gasteiger partial charge >= 0.3 is 5.97 Å². The van der Waals surface area contributed by atoms with E-state index in [1.165, 1.54) is 17.8 Å². The molecule has 0 bridgehead atoms. The molecule has 0 spiro atoms. The molecule has 0 aliphatic carbocycles. The van der Waals surface area contributed by atoms with Crippen LogP contribution in [-0.2, 0) is 21.9 Å². The molecule has 0 amide bonds. The smallest absolute Gasteiger partial charge is 0.337 e. The fourth-order valence-corrected chi connectivity index (χ4v) is 5.34. The molecule has 0 radical (unpaired) electrons. The zero-order valence-electron chi connectivity index (χ0n) is 22.0. The minimum Gasteiger partial charge on any atom is -0.493 e. The summed E-state index contributed by atoms with van der Waals surface area (Å²) in [4.78, 5) is 13.2. The van der Waals surface area contributed by atoms with Crippen molar-refractivity contribution in [2.45, 2.75) is 25.2 Å². The van der Waals surface area contributed by atoms with Crippen molar-refractivity contribution >= 4 is 17.7 Å². The number of carbonyl (C=O) groups is 1. The van der Waals surface area contributed by atoms with Gasteiger partial charge in [0.15, 0.2) is 11.5 Å². The molecule has 6 nitrogen and oxygen atoms in total. The van der Waals surface area contributed by atoms with Crippen LogP contribution in [-0.4, -0.2) is 19.7 Å². The largest absolute Gasteiger partial charge is 0.493 e. The number of esters is 1. The molecule has 0 fully saturated rings. The molecule has 0 saturated carbocycles. The lowest BCUT2D eigenvalue weighted by molar-refractivity contribution is -0.138. The summed E-state index contributed by atoms with van der Waals surface area (Å²) in [6.07, 6.45) is 1.52. The van der Waals surface area contributed by atoms with Crippen molar-refractivity contribution in [1.29, 1.82) is 5.26 Å². The highest BCUT2D eigenvalue weighted by Gasteiger charge is 2.36. The lowest BCUT2D eigenvalue weighted by atomic mass is 9.82. The summed E-state index contributed by atoms with van der Waals surface area (Å²) in [5, 5.41) is 14.3. The van der Waals surface area contributed by atoms with E-state index in [1.807, 2.05) is 85.8 Å². The summed E-state index contributed by atoms with van der Waals surface area (Å²) in [5.74, 6) is 0.586. The molecule has 0 aromatic heterocycles. The van der Waals surface area contributed by atoms with Crippen LogP contribution in [0.3, 0.4) is 0 Å². The fourth-order valence-electron chi connectivity index (χ4n) is 4.29. The first-order chi connectivity index (χ1) is 19.0. The predicted octanol–water partition coefficient (Wildman–Crippen LogP) is 6.63. The van der Waals surface area contributed by atoms with Crippen molar-refractivity contribution in [2.75, 3.05) is 13.7 Å². The molecule has 39 heavy (non-hydrogen) atoms. The second-order valence-electron chi connectivity index (χ2n) is 8.80. The first kappa shape index (κ1) is 27.6. The first-order valence-electron chi connectivity index (χ1n) is 12.5. The number of thioether (sulfide) groups is 1. The maximum atomic E-state index is 13.2. The molecule has 1 aliphatic heterocycles. The van der Waals surface area contributed by atoms with Gasteiger partial charge < -0.3 is 19.5 Å². The zero-order valence-corrected chi connectivity index (χ0v) is 22.8. The Bertz CT molecular complexity index is 1430. The third-order valence-corrected chi connectivity index (χ3v) is 7.27. The van der Waals surface area contributed by atoms with E-state index in [0.29, 0.717) is 45.7 Å². The number of nitriles is 1. The van der Waals surface area contributed by atoms with E-state index in [-0.39, 0.29) is 6.61 Å². The molecule has 198 valence electrons. The van der Waals surface area contributed by atoms with E-state index in [0.717, 1.165) is 16.7 Å². The minimum absolute atomic E-state index is 0.0686. The number of dihydropyridines is 1. The Balaban J connectivity index is 1.71. The Labute approximate surface area is 233 Å². The Kier molecular flexibility index (Phi) is 9.49. The van der Waals surface area contributed by atoms with Gasteiger partial charge in [-0.3, -0.25) is 0 Å². The highest BCUT2D eigenvalue weighted by Crippen LogP contribution is 2.43. The molecule has 3 aromatic carbocycles. The second-order valence-corrected chi connectivity index (χ2v) is 9.78. The normalized spacial score (nSPS) is 14.7. The predicted molar refractivity (Wildman–Crippen MR) is 154 cm³/mol. The minimum atomic E-state index is -0.649. The zero-order chi connectivity index (χ0) is 27.6. The van der Waals surface area contributed by atoms with Crippen LogP contribution >= 0.6 is 11.8 Å². The molecule has 1 heterocycles. The molecule has 3 aromatic rings. The molecule has 1 N–H and O–H groups in total. The maximum Gasteiger partial charge on any atom is 0.337 e. The first-order valence-corrected chi connectivity index (χ1v) is 13.5. The van der Waals surface area contributed by atoms with Crippen LogP contribution in [0.15, 0.2) is 113 Å². The third-order valence-electron chi connectivity index (χ3n) is 6.18. The van der Waals surface area contributed by atoms with Gasteiger partial charge in [0.2, 0.25) is 0 Å². The van der Waals surface area contributed by atoms with Crippen LogP contribution in [0.5, 0.6) is 11.5 Å². The van der Waals surface area contributed by atoms with E-state index in [4.69, 9.17) is 14.2 Å². The quantitative estimate of drug-likeness (QED) is 0.217. The van der Waals surface area contributed by atoms with E-state index in [9.17, 15) is 10.1 Å². The molecule has 7 heteroatoms. The van der Waals surface area contributed by atoms with Gasteiger partial charge in [-0.2, -0.15) is 5.26 Å². The number of nitrogens with one attached hydrogen (secondary N) is 1. The van der Waals surface area contributed by atoms with Gasteiger partial charge in [0.25, 0.3) is 0 Å². The Morgan fingerprint density at radius 2 is 1.74 bits per heavy atom. The Morgan fingerprint density at radius 1 is 1.05 bits per heavy atom. The van der Waals surface area contributed by atoms with Gasteiger partial charge in [0.1, 0.15) is 13.2 Å². The van der Waals surface area contributed by atoms with Gasteiger partial charge in [0, 0.05) is 11.4 Å². The molecule has 1 aliphatic rings. The highest BCUT2D eigenvalue weighted by atomic mass is 32.2. The van der Waals surface area contributed by atoms with E-state index in [2.05, 4.69) is 18.0 Å². The topological polar surface area (TPSA) is 80.6 Å². The lowest BCUT2D eigenvalue weighted by Gasteiger charge is -2.29. The average molecular weight is 539 g/mol. The van der Waals surface area contributed by atoms with Crippen molar-refractivity contribution < 1.29 is 19.0 Å². The molecular weight excluding hydrogens is 508 g/mol. The van der Waals surface area contributed by atoms with E-state index >= 15 is 0 Å². The summed E-state index contributed by atoms with van der Waals surface area (Å²) >= 11 is 1.52. The Morgan fingerprint density at radius 3 is 2.38 bits per heavy atom. The number of hydrogen-bond donors (Lipinski definition) is 1. The van der Waals surface area contributed by atoms with Crippen molar-refractivity contribution in [2.24, 2.45) is 0 Å². The third kappa shape index (κ3) is 6.73. The van der Waals surface area contributed by atoms with Crippen LogP contribution in [0.25, 0.3) is 0 Å². The number of hydrogen-bond acceptors (Lipinski definition) is 7. The van der Waals surface area contributed by atoms with Crippen LogP contribution in [0.1, 0.15) is 29.5 Å². The number of methoxy groups -OCH3 is 1. The number of rotatable bonds is 11. The van der Waals surface area contributed by atoms with Crippen LogP contribution in [0, 0.1) is 11.3 Å². The molecule has 0 saturated heterocycles. The molecule has 0 unspecified atom stereocenters. The van der Waals surface area contributed by atoms with Crippen molar-refractivity contribution in [3.05, 3.63) is 130 Å². The number of nitrogens with zero attached hydrogens (tertiary/aromatic N) is 1. The fraction of sp³-hybridized carbons (Fsp3) is 0.188. The Hall–Kier alpha value is -4.41. The number of benzene rings is 3. The molecule has 4 rings (SSSR count). The maximum absolute atomic E-state index is 13.2.